The molecule has 2 N–H and O–H groups in total. The van der Waals surface area contributed by atoms with Gasteiger partial charge in [-0.15, -0.1) is 0 Å². The molecule has 1 aromatic heterocycles. The fourth-order valence-electron chi connectivity index (χ4n) is 2.40. The van der Waals surface area contributed by atoms with Gasteiger partial charge >= 0.3 is 0 Å². The van der Waals surface area contributed by atoms with Gasteiger partial charge in [0.1, 0.15) is 17.3 Å². The van der Waals surface area contributed by atoms with Crippen LogP contribution in [-0.4, -0.2) is 24.2 Å². The molecule has 2 aromatic carbocycles. The Hall–Kier alpha value is -2.99. The first-order valence-corrected chi connectivity index (χ1v) is 8.32. The average Bonchev–Trinajstić information content (AvgIpc) is 2.66. The van der Waals surface area contributed by atoms with E-state index in [0.29, 0.717) is 22.5 Å². The molecule has 0 atom stereocenters. The van der Waals surface area contributed by atoms with E-state index in [1.54, 1.807) is 26.5 Å². The number of anilines is 4. The van der Waals surface area contributed by atoms with Crippen LogP contribution in [-0.2, 0) is 0 Å². The largest absolute Gasteiger partial charge is 0.497 e. The number of hydrogen-bond acceptors (Lipinski definition) is 6. The van der Waals surface area contributed by atoms with Crippen molar-refractivity contribution < 1.29 is 9.47 Å². The summed E-state index contributed by atoms with van der Waals surface area (Å²) in [5, 5.41) is 7.10. The smallest absolute Gasteiger partial charge is 0.229 e. The maximum absolute atomic E-state index is 6.16. The monoisotopic (exact) mass is 370 g/mol. The minimum absolute atomic E-state index is 0.460. The third-order valence-corrected chi connectivity index (χ3v) is 4.25. The molecule has 3 aromatic rings. The third kappa shape index (κ3) is 3.97. The van der Waals surface area contributed by atoms with E-state index in [2.05, 4.69) is 20.6 Å². The molecular formula is C19H19ClN4O2. The second-order valence-electron chi connectivity index (χ2n) is 5.49. The van der Waals surface area contributed by atoms with E-state index >= 15 is 0 Å². The fraction of sp³-hybridized carbons (Fsp3) is 0.158. The fourth-order valence-corrected chi connectivity index (χ4v) is 2.58. The number of halogens is 1. The minimum Gasteiger partial charge on any atom is -0.497 e. The summed E-state index contributed by atoms with van der Waals surface area (Å²) < 4.78 is 10.6. The zero-order chi connectivity index (χ0) is 18.5. The van der Waals surface area contributed by atoms with E-state index in [-0.39, 0.29) is 0 Å². The van der Waals surface area contributed by atoms with E-state index in [1.165, 1.54) is 0 Å². The normalized spacial score (nSPS) is 10.3. The van der Waals surface area contributed by atoms with Crippen LogP contribution in [0.4, 0.5) is 23.1 Å². The second-order valence-corrected chi connectivity index (χ2v) is 5.90. The molecule has 7 heteroatoms. The van der Waals surface area contributed by atoms with Gasteiger partial charge in [-0.1, -0.05) is 17.7 Å². The molecule has 0 unspecified atom stereocenters. The standard InChI is InChI=1S/C19H19ClN4O2/c1-12-14(20)5-4-6-15(12)23-19-21-10-9-18(24-19)22-16-11-13(25-2)7-8-17(16)26-3/h4-11H,1-3H3,(H2,21,22,23,24). The Kier molecular flexibility index (Phi) is 5.43. The Morgan fingerprint density at radius 1 is 0.962 bits per heavy atom. The van der Waals surface area contributed by atoms with Crippen LogP contribution in [0.5, 0.6) is 11.5 Å². The molecule has 0 bridgehead atoms. The molecule has 0 fully saturated rings. The summed E-state index contributed by atoms with van der Waals surface area (Å²) in [7, 11) is 3.23. The van der Waals surface area contributed by atoms with Crippen molar-refractivity contribution in [1.29, 1.82) is 0 Å². The summed E-state index contributed by atoms with van der Waals surface area (Å²) in [4.78, 5) is 8.75. The number of nitrogens with one attached hydrogen (secondary N) is 2. The maximum Gasteiger partial charge on any atom is 0.229 e. The summed E-state index contributed by atoms with van der Waals surface area (Å²) >= 11 is 6.16. The van der Waals surface area contributed by atoms with Gasteiger partial charge < -0.3 is 20.1 Å². The van der Waals surface area contributed by atoms with E-state index in [4.69, 9.17) is 21.1 Å². The van der Waals surface area contributed by atoms with Gasteiger partial charge in [0.25, 0.3) is 0 Å². The molecular weight excluding hydrogens is 352 g/mol. The molecule has 26 heavy (non-hydrogen) atoms. The molecule has 6 nitrogen and oxygen atoms in total. The molecule has 134 valence electrons. The van der Waals surface area contributed by atoms with Crippen LogP contribution < -0.4 is 20.1 Å². The number of methoxy groups -OCH3 is 2. The van der Waals surface area contributed by atoms with E-state index < -0.39 is 0 Å². The lowest BCUT2D eigenvalue weighted by molar-refractivity contribution is 0.405. The van der Waals surface area contributed by atoms with Gasteiger partial charge in [-0.25, -0.2) is 4.98 Å². The number of rotatable bonds is 6. The van der Waals surface area contributed by atoms with E-state index in [9.17, 15) is 0 Å². The lowest BCUT2D eigenvalue weighted by Gasteiger charge is -2.13. The number of aromatic nitrogens is 2. The molecule has 3 rings (SSSR count). The Labute approximate surface area is 157 Å². The Morgan fingerprint density at radius 3 is 2.58 bits per heavy atom. The average molecular weight is 371 g/mol. The summed E-state index contributed by atoms with van der Waals surface area (Å²) in [6.45, 7) is 1.94. The maximum atomic E-state index is 6.16. The SMILES string of the molecule is COc1ccc(OC)c(Nc2ccnc(Nc3cccc(Cl)c3C)n2)c1. The molecule has 0 aliphatic heterocycles. The topological polar surface area (TPSA) is 68.3 Å². The lowest BCUT2D eigenvalue weighted by Crippen LogP contribution is -2.02. The Morgan fingerprint density at radius 2 is 1.81 bits per heavy atom. The molecule has 1 heterocycles. The number of nitrogens with zero attached hydrogens (tertiary/aromatic N) is 2. The molecule has 0 amide bonds. The molecule has 0 saturated heterocycles. The van der Waals surface area contributed by atoms with Gasteiger partial charge in [0.15, 0.2) is 0 Å². The Bertz CT molecular complexity index is 918. The number of benzene rings is 2. The summed E-state index contributed by atoms with van der Waals surface area (Å²) in [6, 6.07) is 12.9. The van der Waals surface area contributed by atoms with Crippen molar-refractivity contribution >= 4 is 34.7 Å². The predicted molar refractivity (Wildman–Crippen MR) is 104 cm³/mol. The van der Waals surface area contributed by atoms with Crippen molar-refractivity contribution in [3.63, 3.8) is 0 Å². The first-order valence-electron chi connectivity index (χ1n) is 7.95. The number of ether oxygens (including phenoxy) is 2. The van der Waals surface area contributed by atoms with Gasteiger partial charge in [-0.3, -0.25) is 0 Å². The first-order chi connectivity index (χ1) is 12.6. The van der Waals surface area contributed by atoms with Gasteiger partial charge in [-0.05, 0) is 42.8 Å². The first kappa shape index (κ1) is 17.8. The van der Waals surface area contributed by atoms with Crippen LogP contribution in [0, 0.1) is 6.92 Å². The van der Waals surface area contributed by atoms with Crippen LogP contribution in [0.1, 0.15) is 5.56 Å². The van der Waals surface area contributed by atoms with Gasteiger partial charge in [0.05, 0.1) is 19.9 Å². The van der Waals surface area contributed by atoms with Crippen LogP contribution in [0.3, 0.4) is 0 Å². The zero-order valence-corrected chi connectivity index (χ0v) is 15.5. The molecule has 0 spiro atoms. The highest BCUT2D eigenvalue weighted by molar-refractivity contribution is 6.31. The lowest BCUT2D eigenvalue weighted by atomic mass is 10.2. The van der Waals surface area contributed by atoms with Crippen LogP contribution in [0.15, 0.2) is 48.7 Å². The Balaban J connectivity index is 1.85. The van der Waals surface area contributed by atoms with Crippen molar-refractivity contribution in [1.82, 2.24) is 9.97 Å². The highest BCUT2D eigenvalue weighted by Gasteiger charge is 2.08. The quantitative estimate of drug-likeness (QED) is 0.640. The van der Waals surface area contributed by atoms with Crippen molar-refractivity contribution in [2.75, 3.05) is 24.9 Å². The zero-order valence-electron chi connectivity index (χ0n) is 14.7. The van der Waals surface area contributed by atoms with Crippen molar-refractivity contribution in [2.45, 2.75) is 6.92 Å². The third-order valence-electron chi connectivity index (χ3n) is 3.84. The minimum atomic E-state index is 0.460. The second kappa shape index (κ2) is 7.93. The molecule has 0 aliphatic carbocycles. The van der Waals surface area contributed by atoms with Crippen molar-refractivity contribution in [3.8, 4) is 11.5 Å². The van der Waals surface area contributed by atoms with E-state index in [0.717, 1.165) is 22.7 Å². The predicted octanol–water partition coefficient (Wildman–Crippen LogP) is 4.94. The van der Waals surface area contributed by atoms with Gasteiger partial charge in [0, 0.05) is 23.0 Å². The van der Waals surface area contributed by atoms with Crippen molar-refractivity contribution in [2.24, 2.45) is 0 Å². The summed E-state index contributed by atoms with van der Waals surface area (Å²) in [6.07, 6.45) is 1.67. The highest BCUT2D eigenvalue weighted by Crippen LogP contribution is 2.31. The molecule has 0 saturated carbocycles. The number of hydrogen-bond donors (Lipinski definition) is 2. The summed E-state index contributed by atoms with van der Waals surface area (Å²) in [5.41, 5.74) is 2.54. The molecule has 0 radical (unpaired) electrons. The summed E-state index contributed by atoms with van der Waals surface area (Å²) in [5.74, 6) is 2.48. The van der Waals surface area contributed by atoms with Crippen LogP contribution >= 0.6 is 11.6 Å². The van der Waals surface area contributed by atoms with E-state index in [1.807, 2.05) is 43.3 Å². The van der Waals surface area contributed by atoms with Crippen LogP contribution in [0.2, 0.25) is 5.02 Å². The van der Waals surface area contributed by atoms with Crippen LogP contribution in [0.25, 0.3) is 0 Å². The molecule has 0 aliphatic rings. The highest BCUT2D eigenvalue weighted by atomic mass is 35.5. The van der Waals surface area contributed by atoms with Crippen molar-refractivity contribution in [3.05, 3.63) is 59.2 Å². The van der Waals surface area contributed by atoms with Gasteiger partial charge in [0.2, 0.25) is 5.95 Å². The van der Waals surface area contributed by atoms with Gasteiger partial charge in [-0.2, -0.15) is 4.98 Å².